The number of hydrogen-bond acceptors (Lipinski definition) is 3. The summed E-state index contributed by atoms with van der Waals surface area (Å²) in [7, 11) is 4.21. The molecule has 0 heterocycles. The van der Waals surface area contributed by atoms with Gasteiger partial charge in [-0.05, 0) is 59.3 Å². The zero-order valence-electron chi connectivity index (χ0n) is 11.7. The largest absolute Gasteiger partial charge is 0.381 e. The predicted octanol–water partition coefficient (Wildman–Crippen LogP) is 2.27. The summed E-state index contributed by atoms with van der Waals surface area (Å²) in [5, 5.41) is 3.55. The van der Waals surface area contributed by atoms with E-state index in [1.807, 2.05) is 0 Å². The minimum Gasteiger partial charge on any atom is -0.381 e. The molecule has 1 N–H and O–H groups in total. The first-order chi connectivity index (χ1) is 8.29. The number of rotatable bonds is 12. The standard InChI is InChI=1S/C14H30N2O/c1-16(2)11-7-13-17-12-6-4-3-5-10-15-14-8-9-14/h14-15H,3-13H2,1-2H3. The second-order valence-electron chi connectivity index (χ2n) is 5.41. The van der Waals surface area contributed by atoms with Gasteiger partial charge < -0.3 is 15.0 Å². The van der Waals surface area contributed by atoms with Gasteiger partial charge in [-0.2, -0.15) is 0 Å². The van der Waals surface area contributed by atoms with Gasteiger partial charge in [0.05, 0.1) is 0 Å². The minimum atomic E-state index is 0.870. The predicted molar refractivity (Wildman–Crippen MR) is 73.5 cm³/mol. The van der Waals surface area contributed by atoms with Crippen molar-refractivity contribution in [1.29, 1.82) is 0 Å². The molecule has 0 aromatic heterocycles. The van der Waals surface area contributed by atoms with Crippen LogP contribution in [0.5, 0.6) is 0 Å². The van der Waals surface area contributed by atoms with Gasteiger partial charge in [0.15, 0.2) is 0 Å². The average molecular weight is 242 g/mol. The zero-order chi connectivity index (χ0) is 12.3. The molecule has 1 aliphatic carbocycles. The van der Waals surface area contributed by atoms with Gasteiger partial charge in [0, 0.05) is 19.3 Å². The van der Waals surface area contributed by atoms with Crippen LogP contribution in [0.15, 0.2) is 0 Å². The summed E-state index contributed by atoms with van der Waals surface area (Å²) in [5.74, 6) is 0. The lowest BCUT2D eigenvalue weighted by molar-refractivity contribution is 0.122. The van der Waals surface area contributed by atoms with Crippen molar-refractivity contribution >= 4 is 0 Å². The maximum Gasteiger partial charge on any atom is 0.0478 e. The molecule has 17 heavy (non-hydrogen) atoms. The number of hydrogen-bond donors (Lipinski definition) is 1. The Morgan fingerprint density at radius 1 is 1.00 bits per heavy atom. The Morgan fingerprint density at radius 2 is 1.71 bits per heavy atom. The van der Waals surface area contributed by atoms with E-state index < -0.39 is 0 Å². The fraction of sp³-hybridized carbons (Fsp3) is 1.00. The molecule has 1 rings (SSSR count). The number of nitrogens with zero attached hydrogens (tertiary/aromatic N) is 1. The van der Waals surface area contributed by atoms with Gasteiger partial charge in [-0.15, -0.1) is 0 Å². The van der Waals surface area contributed by atoms with E-state index in [1.165, 1.54) is 45.1 Å². The van der Waals surface area contributed by atoms with Crippen molar-refractivity contribution in [2.75, 3.05) is 40.4 Å². The molecule has 0 bridgehead atoms. The maximum atomic E-state index is 5.60. The zero-order valence-corrected chi connectivity index (χ0v) is 11.7. The van der Waals surface area contributed by atoms with Crippen LogP contribution in [0.4, 0.5) is 0 Å². The molecule has 1 aliphatic rings. The fourth-order valence-electron chi connectivity index (χ4n) is 1.86. The van der Waals surface area contributed by atoms with Crippen molar-refractivity contribution in [1.82, 2.24) is 10.2 Å². The monoisotopic (exact) mass is 242 g/mol. The van der Waals surface area contributed by atoms with E-state index in [1.54, 1.807) is 0 Å². The molecule has 0 saturated heterocycles. The Kier molecular flexibility index (Phi) is 8.67. The molecular weight excluding hydrogens is 212 g/mol. The molecule has 0 aromatic rings. The third-order valence-corrected chi connectivity index (χ3v) is 3.12. The number of nitrogens with one attached hydrogen (secondary N) is 1. The highest BCUT2D eigenvalue weighted by Crippen LogP contribution is 2.18. The second kappa shape index (κ2) is 9.86. The topological polar surface area (TPSA) is 24.5 Å². The molecule has 0 aromatic carbocycles. The molecule has 102 valence electrons. The van der Waals surface area contributed by atoms with Crippen LogP contribution in [-0.4, -0.2) is 51.3 Å². The molecule has 0 spiro atoms. The molecule has 0 amide bonds. The summed E-state index contributed by atoms with van der Waals surface area (Å²) in [6, 6.07) is 0.870. The first-order valence-electron chi connectivity index (χ1n) is 7.25. The van der Waals surface area contributed by atoms with Gasteiger partial charge >= 0.3 is 0 Å². The Morgan fingerprint density at radius 3 is 2.41 bits per heavy atom. The number of unbranched alkanes of at least 4 members (excludes halogenated alkanes) is 3. The van der Waals surface area contributed by atoms with Gasteiger partial charge in [-0.3, -0.25) is 0 Å². The molecular formula is C14H30N2O. The first-order valence-corrected chi connectivity index (χ1v) is 7.25. The highest BCUT2D eigenvalue weighted by molar-refractivity contribution is 4.80. The summed E-state index contributed by atoms with van der Waals surface area (Å²) in [5.41, 5.74) is 0. The maximum absolute atomic E-state index is 5.60. The van der Waals surface area contributed by atoms with Gasteiger partial charge in [0.2, 0.25) is 0 Å². The highest BCUT2D eigenvalue weighted by atomic mass is 16.5. The third kappa shape index (κ3) is 10.7. The van der Waals surface area contributed by atoms with Crippen molar-refractivity contribution in [3.05, 3.63) is 0 Å². The molecule has 1 saturated carbocycles. The summed E-state index contributed by atoms with van der Waals surface area (Å²) >= 11 is 0. The average Bonchev–Trinajstić information content (AvgIpc) is 3.09. The van der Waals surface area contributed by atoms with Crippen LogP contribution in [-0.2, 0) is 4.74 Å². The van der Waals surface area contributed by atoms with Crippen LogP contribution in [0.1, 0.15) is 44.9 Å². The minimum absolute atomic E-state index is 0.870. The molecule has 0 aliphatic heterocycles. The van der Waals surface area contributed by atoms with Crippen molar-refractivity contribution in [3.8, 4) is 0 Å². The normalized spacial score (nSPS) is 15.7. The van der Waals surface area contributed by atoms with E-state index in [4.69, 9.17) is 4.74 Å². The molecule has 3 nitrogen and oxygen atoms in total. The van der Waals surface area contributed by atoms with E-state index >= 15 is 0 Å². The third-order valence-electron chi connectivity index (χ3n) is 3.12. The van der Waals surface area contributed by atoms with Crippen molar-refractivity contribution in [2.45, 2.75) is 51.0 Å². The second-order valence-corrected chi connectivity index (χ2v) is 5.41. The highest BCUT2D eigenvalue weighted by Gasteiger charge is 2.19. The van der Waals surface area contributed by atoms with E-state index in [2.05, 4.69) is 24.3 Å². The van der Waals surface area contributed by atoms with Crippen molar-refractivity contribution < 1.29 is 4.74 Å². The molecule has 0 unspecified atom stereocenters. The van der Waals surface area contributed by atoms with Crippen LogP contribution in [0.25, 0.3) is 0 Å². The van der Waals surface area contributed by atoms with Crippen LogP contribution in [0.2, 0.25) is 0 Å². The van der Waals surface area contributed by atoms with Crippen LogP contribution in [0, 0.1) is 0 Å². The van der Waals surface area contributed by atoms with Gasteiger partial charge in [-0.1, -0.05) is 12.8 Å². The molecule has 3 heteroatoms. The Balaban J connectivity index is 1.63. The Labute approximate surface area is 107 Å². The lowest BCUT2D eigenvalue weighted by Crippen LogP contribution is -2.17. The SMILES string of the molecule is CN(C)CCCOCCCCCCNC1CC1. The van der Waals surface area contributed by atoms with E-state index in [-0.39, 0.29) is 0 Å². The van der Waals surface area contributed by atoms with Crippen LogP contribution >= 0.6 is 0 Å². The summed E-state index contributed by atoms with van der Waals surface area (Å²) in [4.78, 5) is 2.20. The van der Waals surface area contributed by atoms with E-state index in [0.29, 0.717) is 0 Å². The summed E-state index contributed by atoms with van der Waals surface area (Å²) < 4.78 is 5.60. The van der Waals surface area contributed by atoms with Gasteiger partial charge in [0.1, 0.15) is 0 Å². The fourth-order valence-corrected chi connectivity index (χ4v) is 1.86. The molecule has 0 atom stereocenters. The van der Waals surface area contributed by atoms with Gasteiger partial charge in [-0.25, -0.2) is 0 Å². The van der Waals surface area contributed by atoms with E-state index in [9.17, 15) is 0 Å². The quantitative estimate of drug-likeness (QED) is 0.531. The summed E-state index contributed by atoms with van der Waals surface area (Å²) in [6.45, 7) is 4.21. The van der Waals surface area contributed by atoms with E-state index in [0.717, 1.165) is 32.2 Å². The smallest absolute Gasteiger partial charge is 0.0478 e. The van der Waals surface area contributed by atoms with Crippen LogP contribution in [0.3, 0.4) is 0 Å². The Hall–Kier alpha value is -0.120. The van der Waals surface area contributed by atoms with Crippen molar-refractivity contribution in [2.24, 2.45) is 0 Å². The molecule has 0 radical (unpaired) electrons. The lowest BCUT2D eigenvalue weighted by atomic mass is 10.2. The number of ether oxygens (including phenoxy) is 1. The van der Waals surface area contributed by atoms with Crippen molar-refractivity contribution in [3.63, 3.8) is 0 Å². The van der Waals surface area contributed by atoms with Gasteiger partial charge in [0.25, 0.3) is 0 Å². The molecule has 1 fully saturated rings. The lowest BCUT2D eigenvalue weighted by Gasteiger charge is -2.09. The van der Waals surface area contributed by atoms with Crippen LogP contribution < -0.4 is 5.32 Å². The first kappa shape index (κ1) is 14.9. The Bertz CT molecular complexity index is 160. The summed E-state index contributed by atoms with van der Waals surface area (Å²) in [6.07, 6.45) is 9.18.